The Balaban J connectivity index is 2.23. The van der Waals surface area contributed by atoms with Crippen molar-refractivity contribution >= 4 is 17.3 Å². The number of ether oxygens (including phenoxy) is 1. The SMILES string of the molecule is CCCCOCCNc1cc(F)ccc1Cl. The van der Waals surface area contributed by atoms with Crippen molar-refractivity contribution in [2.75, 3.05) is 25.1 Å². The standard InChI is InChI=1S/C12H17ClFNO/c1-2-3-7-16-8-6-15-12-9-10(14)4-5-11(12)13/h4-5,9,15H,2-3,6-8H2,1H3. The van der Waals surface area contributed by atoms with E-state index in [1.54, 1.807) is 0 Å². The monoisotopic (exact) mass is 245 g/mol. The van der Waals surface area contributed by atoms with Gasteiger partial charge >= 0.3 is 0 Å². The highest BCUT2D eigenvalue weighted by Gasteiger charge is 2.00. The number of unbranched alkanes of at least 4 members (excludes halogenated alkanes) is 1. The van der Waals surface area contributed by atoms with Gasteiger partial charge in [-0.3, -0.25) is 0 Å². The molecule has 0 saturated heterocycles. The third kappa shape index (κ3) is 4.81. The van der Waals surface area contributed by atoms with Gasteiger partial charge < -0.3 is 10.1 Å². The third-order valence-corrected chi connectivity index (χ3v) is 2.46. The van der Waals surface area contributed by atoms with Gasteiger partial charge in [-0.15, -0.1) is 0 Å². The van der Waals surface area contributed by atoms with Crippen LogP contribution in [0.3, 0.4) is 0 Å². The van der Waals surface area contributed by atoms with Crippen molar-refractivity contribution < 1.29 is 9.13 Å². The van der Waals surface area contributed by atoms with Crippen LogP contribution in [0.2, 0.25) is 5.02 Å². The van der Waals surface area contributed by atoms with E-state index in [2.05, 4.69) is 12.2 Å². The minimum atomic E-state index is -0.293. The summed E-state index contributed by atoms with van der Waals surface area (Å²) in [6, 6.07) is 4.26. The molecule has 4 heteroatoms. The Morgan fingerprint density at radius 2 is 2.19 bits per heavy atom. The van der Waals surface area contributed by atoms with E-state index in [4.69, 9.17) is 16.3 Å². The zero-order chi connectivity index (χ0) is 11.8. The summed E-state index contributed by atoms with van der Waals surface area (Å²) in [7, 11) is 0. The van der Waals surface area contributed by atoms with Crippen LogP contribution in [0.15, 0.2) is 18.2 Å². The molecule has 0 spiro atoms. The van der Waals surface area contributed by atoms with Crippen LogP contribution in [0.5, 0.6) is 0 Å². The lowest BCUT2D eigenvalue weighted by Crippen LogP contribution is -2.10. The Hall–Kier alpha value is -0.800. The molecule has 0 atom stereocenters. The van der Waals surface area contributed by atoms with Crippen molar-refractivity contribution in [3.05, 3.63) is 29.0 Å². The Labute approximate surface area is 101 Å². The van der Waals surface area contributed by atoms with Gasteiger partial charge in [0.2, 0.25) is 0 Å². The number of hydrogen-bond donors (Lipinski definition) is 1. The Kier molecular flexibility index (Phi) is 6.19. The fourth-order valence-electron chi connectivity index (χ4n) is 1.24. The molecule has 0 fully saturated rings. The molecule has 0 aliphatic heterocycles. The highest BCUT2D eigenvalue weighted by Crippen LogP contribution is 2.21. The van der Waals surface area contributed by atoms with Crippen LogP contribution in [0.25, 0.3) is 0 Å². The predicted molar refractivity (Wildman–Crippen MR) is 65.6 cm³/mol. The van der Waals surface area contributed by atoms with Crippen LogP contribution in [-0.2, 0) is 4.74 Å². The molecule has 0 unspecified atom stereocenters. The highest BCUT2D eigenvalue weighted by molar-refractivity contribution is 6.33. The average Bonchev–Trinajstić information content (AvgIpc) is 2.28. The molecule has 2 nitrogen and oxygen atoms in total. The van der Waals surface area contributed by atoms with Gasteiger partial charge in [0.1, 0.15) is 5.82 Å². The number of benzene rings is 1. The molecule has 0 saturated carbocycles. The van der Waals surface area contributed by atoms with Crippen molar-refractivity contribution in [1.82, 2.24) is 0 Å². The van der Waals surface area contributed by atoms with Crippen molar-refractivity contribution in [3.8, 4) is 0 Å². The maximum atomic E-state index is 12.9. The van der Waals surface area contributed by atoms with Crippen molar-refractivity contribution in [2.24, 2.45) is 0 Å². The molecule has 1 N–H and O–H groups in total. The zero-order valence-corrected chi connectivity index (χ0v) is 10.2. The molecular weight excluding hydrogens is 229 g/mol. The first-order chi connectivity index (χ1) is 7.74. The van der Waals surface area contributed by atoms with Crippen LogP contribution in [0, 0.1) is 5.82 Å². The fraction of sp³-hybridized carbons (Fsp3) is 0.500. The summed E-state index contributed by atoms with van der Waals surface area (Å²) >= 11 is 5.89. The first-order valence-corrected chi connectivity index (χ1v) is 5.88. The maximum Gasteiger partial charge on any atom is 0.125 e. The molecule has 0 aliphatic carbocycles. The van der Waals surface area contributed by atoms with E-state index in [1.807, 2.05) is 0 Å². The first kappa shape index (κ1) is 13.3. The first-order valence-electron chi connectivity index (χ1n) is 5.50. The van der Waals surface area contributed by atoms with Crippen LogP contribution in [0.1, 0.15) is 19.8 Å². The summed E-state index contributed by atoms with van der Waals surface area (Å²) in [5.74, 6) is -0.293. The van der Waals surface area contributed by atoms with Crippen molar-refractivity contribution in [1.29, 1.82) is 0 Å². The molecule has 1 aromatic rings. The van der Waals surface area contributed by atoms with E-state index in [9.17, 15) is 4.39 Å². The van der Waals surface area contributed by atoms with Crippen LogP contribution in [-0.4, -0.2) is 19.8 Å². The molecule has 90 valence electrons. The van der Waals surface area contributed by atoms with Gasteiger partial charge in [-0.2, -0.15) is 0 Å². The van der Waals surface area contributed by atoms with Gasteiger partial charge in [0.15, 0.2) is 0 Å². The Morgan fingerprint density at radius 3 is 2.94 bits per heavy atom. The Morgan fingerprint density at radius 1 is 1.38 bits per heavy atom. The minimum absolute atomic E-state index is 0.293. The number of anilines is 1. The van der Waals surface area contributed by atoms with E-state index in [1.165, 1.54) is 18.2 Å². The second-order valence-corrected chi connectivity index (χ2v) is 3.92. The maximum absolute atomic E-state index is 12.9. The van der Waals surface area contributed by atoms with Gasteiger partial charge in [0.05, 0.1) is 17.3 Å². The van der Waals surface area contributed by atoms with E-state index >= 15 is 0 Å². The molecule has 16 heavy (non-hydrogen) atoms. The van der Waals surface area contributed by atoms with Crippen LogP contribution < -0.4 is 5.32 Å². The second-order valence-electron chi connectivity index (χ2n) is 3.52. The van der Waals surface area contributed by atoms with Crippen molar-refractivity contribution in [2.45, 2.75) is 19.8 Å². The third-order valence-electron chi connectivity index (χ3n) is 2.13. The fourth-order valence-corrected chi connectivity index (χ4v) is 1.42. The number of hydrogen-bond acceptors (Lipinski definition) is 2. The van der Waals surface area contributed by atoms with Gasteiger partial charge in [-0.25, -0.2) is 4.39 Å². The quantitative estimate of drug-likeness (QED) is 0.740. The number of halogens is 2. The summed E-state index contributed by atoms with van der Waals surface area (Å²) in [6.07, 6.45) is 2.20. The molecule has 0 bridgehead atoms. The lowest BCUT2D eigenvalue weighted by molar-refractivity contribution is 0.141. The van der Waals surface area contributed by atoms with E-state index < -0.39 is 0 Å². The summed E-state index contributed by atoms with van der Waals surface area (Å²) in [6.45, 7) is 4.13. The molecule has 0 aromatic heterocycles. The minimum Gasteiger partial charge on any atom is -0.381 e. The number of rotatable bonds is 7. The lowest BCUT2D eigenvalue weighted by atomic mass is 10.3. The van der Waals surface area contributed by atoms with Gasteiger partial charge in [0.25, 0.3) is 0 Å². The molecule has 1 aromatic carbocycles. The highest BCUT2D eigenvalue weighted by atomic mass is 35.5. The van der Waals surface area contributed by atoms with Crippen LogP contribution >= 0.6 is 11.6 Å². The lowest BCUT2D eigenvalue weighted by Gasteiger charge is -2.08. The van der Waals surface area contributed by atoms with E-state index in [0.29, 0.717) is 23.9 Å². The largest absolute Gasteiger partial charge is 0.381 e. The molecule has 0 aliphatic rings. The predicted octanol–water partition coefficient (Wildman–Crippen LogP) is 3.71. The topological polar surface area (TPSA) is 21.3 Å². The number of nitrogens with one attached hydrogen (secondary N) is 1. The molecule has 0 radical (unpaired) electrons. The van der Waals surface area contributed by atoms with Gasteiger partial charge in [-0.05, 0) is 24.6 Å². The average molecular weight is 246 g/mol. The van der Waals surface area contributed by atoms with Crippen molar-refractivity contribution in [3.63, 3.8) is 0 Å². The summed E-state index contributed by atoms with van der Waals surface area (Å²) in [4.78, 5) is 0. The molecular formula is C12H17ClFNO. The summed E-state index contributed by atoms with van der Waals surface area (Å²) in [5.41, 5.74) is 0.612. The van der Waals surface area contributed by atoms with Gasteiger partial charge in [-0.1, -0.05) is 24.9 Å². The second kappa shape index (κ2) is 7.47. The Bertz CT molecular complexity index is 320. The van der Waals surface area contributed by atoms with Gasteiger partial charge in [0, 0.05) is 13.2 Å². The van der Waals surface area contributed by atoms with E-state index in [0.717, 1.165) is 19.4 Å². The summed E-state index contributed by atoms with van der Waals surface area (Å²) in [5, 5.41) is 3.56. The molecule has 1 rings (SSSR count). The normalized spacial score (nSPS) is 10.4. The molecule has 0 amide bonds. The zero-order valence-electron chi connectivity index (χ0n) is 9.43. The smallest absolute Gasteiger partial charge is 0.125 e. The van der Waals surface area contributed by atoms with E-state index in [-0.39, 0.29) is 5.82 Å². The summed E-state index contributed by atoms with van der Waals surface area (Å²) < 4.78 is 18.3. The molecule has 0 heterocycles. The van der Waals surface area contributed by atoms with Crippen LogP contribution in [0.4, 0.5) is 10.1 Å².